The standard InChI is InChI=1S/C17H22FN5O2/c1-11(2)14-20-21-16(25-14)17-5-3-13(17)4-7-23(17)15(24)12-9-19-22(10-12)8-6-18/h9-11,13H,3-8H2,1-2H3/t13-,17-/m0/s1. The van der Waals surface area contributed by atoms with E-state index in [9.17, 15) is 9.18 Å². The Bertz CT molecular complexity index is 786. The first-order valence-electron chi connectivity index (χ1n) is 8.80. The zero-order valence-electron chi connectivity index (χ0n) is 14.5. The lowest BCUT2D eigenvalue weighted by Gasteiger charge is -2.46. The number of hydrogen-bond acceptors (Lipinski definition) is 5. The first-order chi connectivity index (χ1) is 12.1. The van der Waals surface area contributed by atoms with E-state index in [1.54, 1.807) is 6.20 Å². The van der Waals surface area contributed by atoms with Gasteiger partial charge in [0.05, 0.1) is 18.3 Å². The van der Waals surface area contributed by atoms with E-state index in [1.807, 2.05) is 18.7 Å². The maximum Gasteiger partial charge on any atom is 0.257 e. The predicted molar refractivity (Wildman–Crippen MR) is 86.6 cm³/mol. The molecule has 2 aromatic heterocycles. The van der Waals surface area contributed by atoms with Crippen LogP contribution >= 0.6 is 0 Å². The topological polar surface area (TPSA) is 77.1 Å². The van der Waals surface area contributed by atoms with Crippen molar-refractivity contribution < 1.29 is 13.6 Å². The number of amides is 1. The highest BCUT2D eigenvalue weighted by atomic mass is 19.1. The number of carbonyl (C=O) groups excluding carboxylic acids is 1. The van der Waals surface area contributed by atoms with E-state index in [0.717, 1.165) is 19.3 Å². The molecule has 0 unspecified atom stereocenters. The summed E-state index contributed by atoms with van der Waals surface area (Å²) in [6, 6.07) is 0. The van der Waals surface area contributed by atoms with E-state index in [4.69, 9.17) is 4.42 Å². The zero-order valence-corrected chi connectivity index (χ0v) is 14.5. The summed E-state index contributed by atoms with van der Waals surface area (Å²) in [7, 11) is 0. The number of likely N-dealkylation sites (tertiary alicyclic amines) is 1. The Hall–Kier alpha value is -2.25. The van der Waals surface area contributed by atoms with Crippen molar-refractivity contribution in [2.45, 2.75) is 51.1 Å². The molecule has 0 aromatic carbocycles. The number of halogens is 1. The summed E-state index contributed by atoms with van der Waals surface area (Å²) in [5.41, 5.74) is -0.0108. The molecule has 3 heterocycles. The summed E-state index contributed by atoms with van der Waals surface area (Å²) in [4.78, 5) is 14.9. The summed E-state index contributed by atoms with van der Waals surface area (Å²) in [6.07, 6.45) is 5.94. The lowest BCUT2D eigenvalue weighted by molar-refractivity contribution is -0.00373. The SMILES string of the molecule is CC(C)c1nnc([C@]23CC[C@H]2CCN3C(=O)c2cnn(CCF)c2)o1. The average molecular weight is 347 g/mol. The van der Waals surface area contributed by atoms with Crippen LogP contribution in [0.15, 0.2) is 16.8 Å². The van der Waals surface area contributed by atoms with Gasteiger partial charge in [0, 0.05) is 18.7 Å². The second kappa shape index (κ2) is 5.93. The number of rotatable bonds is 5. The lowest BCUT2D eigenvalue weighted by atomic mass is 9.67. The highest BCUT2D eigenvalue weighted by molar-refractivity contribution is 5.94. The highest BCUT2D eigenvalue weighted by Gasteiger charge is 2.61. The van der Waals surface area contributed by atoms with Crippen molar-refractivity contribution in [2.75, 3.05) is 13.2 Å². The molecule has 0 radical (unpaired) electrons. The Labute approximate surface area is 145 Å². The maximum absolute atomic E-state index is 13.1. The third-order valence-electron chi connectivity index (χ3n) is 5.48. The number of aryl methyl sites for hydroxylation is 1. The molecule has 2 fully saturated rings. The third kappa shape index (κ3) is 2.38. The Morgan fingerprint density at radius 2 is 2.28 bits per heavy atom. The first kappa shape index (κ1) is 16.2. The molecule has 2 aliphatic rings. The maximum atomic E-state index is 13.1. The van der Waals surface area contributed by atoms with Gasteiger partial charge in [0.2, 0.25) is 11.8 Å². The molecule has 134 valence electrons. The molecule has 1 amide bonds. The monoisotopic (exact) mass is 347 g/mol. The fraction of sp³-hybridized carbons (Fsp3) is 0.647. The molecule has 7 nitrogen and oxygen atoms in total. The minimum Gasteiger partial charge on any atom is -0.422 e. The number of alkyl halides is 1. The fourth-order valence-electron chi connectivity index (χ4n) is 4.01. The van der Waals surface area contributed by atoms with Crippen LogP contribution in [0.5, 0.6) is 0 Å². The molecule has 1 saturated heterocycles. The third-order valence-corrected chi connectivity index (χ3v) is 5.48. The summed E-state index contributed by atoms with van der Waals surface area (Å²) in [5, 5.41) is 12.5. The van der Waals surface area contributed by atoms with Gasteiger partial charge in [-0.1, -0.05) is 13.8 Å². The van der Waals surface area contributed by atoms with Crippen molar-refractivity contribution in [3.05, 3.63) is 29.7 Å². The molecular weight excluding hydrogens is 325 g/mol. The second-order valence-electron chi connectivity index (χ2n) is 7.19. The molecule has 2 atom stereocenters. The molecular formula is C17H22FN5O2. The van der Waals surface area contributed by atoms with Crippen molar-refractivity contribution in [2.24, 2.45) is 5.92 Å². The number of fused-ring (bicyclic) bond motifs is 1. The highest BCUT2D eigenvalue weighted by Crippen LogP contribution is 2.56. The smallest absolute Gasteiger partial charge is 0.257 e. The fourth-order valence-corrected chi connectivity index (χ4v) is 4.01. The van der Waals surface area contributed by atoms with Crippen LogP contribution in [0, 0.1) is 5.92 Å². The van der Waals surface area contributed by atoms with Gasteiger partial charge in [0.15, 0.2) is 0 Å². The molecule has 25 heavy (non-hydrogen) atoms. The number of carbonyl (C=O) groups is 1. The summed E-state index contributed by atoms with van der Waals surface area (Å²) >= 11 is 0. The molecule has 4 rings (SSSR count). The average Bonchev–Trinajstić information content (AvgIpc) is 3.26. The molecule has 1 aliphatic carbocycles. The molecule has 2 aromatic rings. The minimum absolute atomic E-state index is 0.100. The van der Waals surface area contributed by atoms with Gasteiger partial charge in [-0.25, -0.2) is 4.39 Å². The Kier molecular flexibility index (Phi) is 3.85. The Morgan fingerprint density at radius 3 is 2.92 bits per heavy atom. The van der Waals surface area contributed by atoms with Crippen LogP contribution in [-0.2, 0) is 12.1 Å². The van der Waals surface area contributed by atoms with Crippen molar-refractivity contribution in [3.63, 3.8) is 0 Å². The van der Waals surface area contributed by atoms with Gasteiger partial charge in [-0.15, -0.1) is 10.2 Å². The largest absolute Gasteiger partial charge is 0.422 e. The van der Waals surface area contributed by atoms with Crippen molar-refractivity contribution >= 4 is 5.91 Å². The van der Waals surface area contributed by atoms with Gasteiger partial charge in [-0.2, -0.15) is 5.10 Å². The molecule has 0 spiro atoms. The van der Waals surface area contributed by atoms with Crippen LogP contribution in [0.4, 0.5) is 4.39 Å². The van der Waals surface area contributed by atoms with E-state index in [-0.39, 0.29) is 18.4 Å². The summed E-state index contributed by atoms with van der Waals surface area (Å²) in [6.45, 7) is 4.32. The number of nitrogens with zero attached hydrogens (tertiary/aromatic N) is 5. The number of hydrogen-bond donors (Lipinski definition) is 0. The van der Waals surface area contributed by atoms with Crippen LogP contribution in [0.25, 0.3) is 0 Å². The van der Waals surface area contributed by atoms with E-state index < -0.39 is 12.2 Å². The van der Waals surface area contributed by atoms with E-state index in [0.29, 0.717) is 29.8 Å². The number of aromatic nitrogens is 4. The van der Waals surface area contributed by atoms with E-state index in [1.165, 1.54) is 10.9 Å². The molecule has 0 bridgehead atoms. The van der Waals surface area contributed by atoms with Gasteiger partial charge < -0.3 is 9.32 Å². The Balaban J connectivity index is 1.64. The first-order valence-corrected chi connectivity index (χ1v) is 8.80. The van der Waals surface area contributed by atoms with E-state index >= 15 is 0 Å². The van der Waals surface area contributed by atoms with Crippen LogP contribution in [0.3, 0.4) is 0 Å². The van der Waals surface area contributed by atoms with Crippen molar-refractivity contribution in [1.82, 2.24) is 24.9 Å². The predicted octanol–water partition coefficient (Wildman–Crippen LogP) is 2.51. The Morgan fingerprint density at radius 1 is 1.44 bits per heavy atom. The molecule has 1 aliphatic heterocycles. The quantitative estimate of drug-likeness (QED) is 0.830. The van der Waals surface area contributed by atoms with Crippen LogP contribution in [-0.4, -0.2) is 44.0 Å². The van der Waals surface area contributed by atoms with Gasteiger partial charge in [-0.05, 0) is 25.2 Å². The molecule has 8 heteroatoms. The van der Waals surface area contributed by atoms with Crippen LogP contribution in [0.1, 0.15) is 61.2 Å². The minimum atomic E-state index is -0.509. The summed E-state index contributed by atoms with van der Waals surface area (Å²) < 4.78 is 19.9. The second-order valence-corrected chi connectivity index (χ2v) is 7.19. The summed E-state index contributed by atoms with van der Waals surface area (Å²) in [5.74, 6) is 1.56. The lowest BCUT2D eigenvalue weighted by Crippen LogP contribution is -2.53. The van der Waals surface area contributed by atoms with Gasteiger partial charge in [0.1, 0.15) is 12.2 Å². The normalized spacial score (nSPS) is 25.3. The molecule has 1 saturated carbocycles. The van der Waals surface area contributed by atoms with E-state index in [2.05, 4.69) is 15.3 Å². The van der Waals surface area contributed by atoms with Crippen LogP contribution in [0.2, 0.25) is 0 Å². The van der Waals surface area contributed by atoms with Gasteiger partial charge in [-0.3, -0.25) is 9.48 Å². The van der Waals surface area contributed by atoms with Crippen LogP contribution < -0.4 is 0 Å². The zero-order chi connectivity index (χ0) is 17.6. The van der Waals surface area contributed by atoms with Gasteiger partial charge in [0.25, 0.3) is 5.91 Å². The van der Waals surface area contributed by atoms with Crippen molar-refractivity contribution in [3.8, 4) is 0 Å². The van der Waals surface area contributed by atoms with Gasteiger partial charge >= 0.3 is 0 Å². The van der Waals surface area contributed by atoms with Crippen molar-refractivity contribution in [1.29, 1.82) is 0 Å². The molecule has 0 N–H and O–H groups in total.